The summed E-state index contributed by atoms with van der Waals surface area (Å²) >= 11 is 0. The first-order chi connectivity index (χ1) is 11.3. The molecule has 0 aromatic heterocycles. The lowest BCUT2D eigenvalue weighted by Crippen LogP contribution is -2.21. The molecule has 0 saturated heterocycles. The van der Waals surface area contributed by atoms with Crippen molar-refractivity contribution in [2.24, 2.45) is 21.7 Å². The van der Waals surface area contributed by atoms with Crippen molar-refractivity contribution in [1.82, 2.24) is 0 Å². The Morgan fingerprint density at radius 1 is 0.652 bits per heavy atom. The summed E-state index contributed by atoms with van der Waals surface area (Å²) in [5.41, 5.74) is 10.4. The lowest BCUT2D eigenvalue weighted by Gasteiger charge is -2.03. The third-order valence-corrected chi connectivity index (χ3v) is 4.19. The fraction of sp³-hybridized carbons (Fsp3) is 0.895. The van der Waals surface area contributed by atoms with Crippen molar-refractivity contribution in [2.45, 2.75) is 110 Å². The fourth-order valence-electron chi connectivity index (χ4n) is 2.77. The van der Waals surface area contributed by atoms with Gasteiger partial charge in [0, 0.05) is 6.21 Å². The highest BCUT2D eigenvalue weighted by Crippen LogP contribution is 2.13. The molecule has 4 N–H and O–H groups in total. The summed E-state index contributed by atoms with van der Waals surface area (Å²) in [5, 5.41) is 7.36. The smallest absolute Gasteiger partial charge is 0.211 e. The number of nitrogens with two attached hydrogens (primary N) is 2. The maximum absolute atomic E-state index is 5.18. The van der Waals surface area contributed by atoms with Gasteiger partial charge in [-0.1, -0.05) is 96.8 Å². The molecule has 0 spiro atoms. The van der Waals surface area contributed by atoms with Crippen molar-refractivity contribution in [2.75, 3.05) is 0 Å². The van der Waals surface area contributed by atoms with Crippen molar-refractivity contribution < 1.29 is 0 Å². The van der Waals surface area contributed by atoms with E-state index in [0.29, 0.717) is 0 Å². The van der Waals surface area contributed by atoms with E-state index in [2.05, 4.69) is 17.1 Å². The molecule has 0 aliphatic rings. The second-order valence-corrected chi connectivity index (χ2v) is 6.56. The number of hydrogen-bond acceptors (Lipinski definition) is 2. The first kappa shape index (κ1) is 21.9. The van der Waals surface area contributed by atoms with E-state index in [1.807, 2.05) is 0 Å². The minimum Gasteiger partial charge on any atom is -0.369 e. The topological polar surface area (TPSA) is 76.8 Å². The minimum absolute atomic E-state index is 0.0257. The molecule has 0 aliphatic heterocycles. The second-order valence-electron chi connectivity index (χ2n) is 6.56. The lowest BCUT2D eigenvalue weighted by atomic mass is 10.0. The summed E-state index contributed by atoms with van der Waals surface area (Å²) < 4.78 is 0. The molecule has 0 atom stereocenters. The summed E-state index contributed by atoms with van der Waals surface area (Å²) in [4.78, 5) is 0. The number of rotatable bonds is 17. The Balaban J connectivity index is 3.05. The van der Waals surface area contributed by atoms with Gasteiger partial charge < -0.3 is 11.5 Å². The molecule has 0 saturated carbocycles. The van der Waals surface area contributed by atoms with Crippen LogP contribution in [0.1, 0.15) is 110 Å². The quantitative estimate of drug-likeness (QED) is 0.160. The molecule has 0 bridgehead atoms. The van der Waals surface area contributed by atoms with Crippen molar-refractivity contribution in [3.63, 3.8) is 0 Å². The molecular weight excluding hydrogens is 284 g/mol. The van der Waals surface area contributed by atoms with Crippen LogP contribution in [0.2, 0.25) is 0 Å². The van der Waals surface area contributed by atoms with Gasteiger partial charge in [0.2, 0.25) is 5.96 Å². The van der Waals surface area contributed by atoms with Crippen LogP contribution in [0.3, 0.4) is 0 Å². The molecule has 0 aliphatic carbocycles. The predicted molar refractivity (Wildman–Crippen MR) is 104 cm³/mol. The van der Waals surface area contributed by atoms with Gasteiger partial charge in [-0.2, -0.15) is 5.10 Å². The van der Waals surface area contributed by atoms with Crippen LogP contribution < -0.4 is 11.5 Å². The average molecular weight is 325 g/mol. The van der Waals surface area contributed by atoms with E-state index in [1.165, 1.54) is 96.3 Å². The summed E-state index contributed by atoms with van der Waals surface area (Å²) in [7, 11) is 0. The predicted octanol–water partition coefficient (Wildman–Crippen LogP) is 5.51. The minimum atomic E-state index is 0.0257. The molecule has 0 radical (unpaired) electrons. The summed E-state index contributed by atoms with van der Waals surface area (Å²) in [6, 6.07) is 0. The number of guanidine groups is 1. The Morgan fingerprint density at radius 3 is 1.43 bits per heavy atom. The van der Waals surface area contributed by atoms with Crippen LogP contribution in [0.5, 0.6) is 0 Å². The highest BCUT2D eigenvalue weighted by Gasteiger charge is 1.94. The van der Waals surface area contributed by atoms with E-state index >= 15 is 0 Å². The molecule has 0 aromatic rings. The Hall–Kier alpha value is -1.06. The standard InChI is InChI=1S/C19H40N4/c1-2-3-4-5-6-7-8-9-10-11-12-13-14-15-16-17-18-22-23-19(20)21/h18H,2-17H2,1H3,(H4,20,21,23)/b22-18+. The van der Waals surface area contributed by atoms with Crippen LogP contribution in [0.4, 0.5) is 0 Å². The molecule has 4 nitrogen and oxygen atoms in total. The monoisotopic (exact) mass is 324 g/mol. The first-order valence-corrected chi connectivity index (χ1v) is 9.87. The highest BCUT2D eigenvalue weighted by atomic mass is 15.3. The van der Waals surface area contributed by atoms with Crippen LogP contribution in [0.15, 0.2) is 10.2 Å². The van der Waals surface area contributed by atoms with Gasteiger partial charge in [-0.05, 0) is 12.8 Å². The maximum Gasteiger partial charge on any atom is 0.211 e. The van der Waals surface area contributed by atoms with E-state index < -0.39 is 0 Å². The molecule has 0 amide bonds. The Kier molecular flexibility index (Phi) is 18.1. The van der Waals surface area contributed by atoms with E-state index in [0.717, 1.165) is 6.42 Å². The zero-order valence-corrected chi connectivity index (χ0v) is 15.4. The number of hydrogen-bond donors (Lipinski definition) is 2. The molecule has 136 valence electrons. The Bertz CT molecular complexity index is 283. The lowest BCUT2D eigenvalue weighted by molar-refractivity contribution is 0.533. The normalized spacial score (nSPS) is 11.2. The van der Waals surface area contributed by atoms with E-state index in [4.69, 9.17) is 11.5 Å². The fourth-order valence-corrected chi connectivity index (χ4v) is 2.77. The Labute approximate surface area is 144 Å². The van der Waals surface area contributed by atoms with Crippen LogP contribution in [0, 0.1) is 0 Å². The molecule has 4 heteroatoms. The van der Waals surface area contributed by atoms with Crippen molar-refractivity contribution in [1.29, 1.82) is 0 Å². The van der Waals surface area contributed by atoms with E-state index in [-0.39, 0.29) is 5.96 Å². The third kappa shape index (κ3) is 20.9. The molecule has 0 fully saturated rings. The SMILES string of the molecule is CCCCCCCCCCCCCCCCC/C=N/N=C(N)N. The Morgan fingerprint density at radius 2 is 1.04 bits per heavy atom. The van der Waals surface area contributed by atoms with Gasteiger partial charge in [0.15, 0.2) is 0 Å². The zero-order chi connectivity index (χ0) is 17.0. The van der Waals surface area contributed by atoms with E-state index in [1.54, 1.807) is 6.21 Å². The number of unbranched alkanes of at least 4 members (excludes halogenated alkanes) is 15. The van der Waals surface area contributed by atoms with Gasteiger partial charge in [0.05, 0.1) is 0 Å². The highest BCUT2D eigenvalue weighted by molar-refractivity contribution is 5.76. The molecule has 0 unspecified atom stereocenters. The molecule has 23 heavy (non-hydrogen) atoms. The van der Waals surface area contributed by atoms with Gasteiger partial charge in [0.1, 0.15) is 0 Å². The van der Waals surface area contributed by atoms with Gasteiger partial charge in [-0.3, -0.25) is 0 Å². The van der Waals surface area contributed by atoms with Crippen LogP contribution >= 0.6 is 0 Å². The largest absolute Gasteiger partial charge is 0.369 e. The third-order valence-electron chi connectivity index (χ3n) is 4.19. The van der Waals surface area contributed by atoms with Gasteiger partial charge in [0.25, 0.3) is 0 Å². The maximum atomic E-state index is 5.18. The molecule has 0 rings (SSSR count). The zero-order valence-electron chi connectivity index (χ0n) is 15.4. The van der Waals surface area contributed by atoms with Crippen LogP contribution in [-0.4, -0.2) is 12.2 Å². The van der Waals surface area contributed by atoms with Gasteiger partial charge in [-0.15, -0.1) is 5.10 Å². The molecule has 0 heterocycles. The molecular formula is C19H40N4. The van der Waals surface area contributed by atoms with Crippen molar-refractivity contribution in [3.8, 4) is 0 Å². The summed E-state index contributed by atoms with van der Waals surface area (Å²) in [6.45, 7) is 2.28. The first-order valence-electron chi connectivity index (χ1n) is 9.87. The van der Waals surface area contributed by atoms with Gasteiger partial charge >= 0.3 is 0 Å². The number of nitrogens with zero attached hydrogens (tertiary/aromatic N) is 2. The summed E-state index contributed by atoms with van der Waals surface area (Å²) in [5.74, 6) is 0.0257. The molecule has 0 aromatic carbocycles. The van der Waals surface area contributed by atoms with Crippen LogP contribution in [0.25, 0.3) is 0 Å². The van der Waals surface area contributed by atoms with E-state index in [9.17, 15) is 0 Å². The van der Waals surface area contributed by atoms with Crippen LogP contribution in [-0.2, 0) is 0 Å². The average Bonchev–Trinajstić information content (AvgIpc) is 2.53. The van der Waals surface area contributed by atoms with Gasteiger partial charge in [-0.25, -0.2) is 0 Å². The van der Waals surface area contributed by atoms with Crippen molar-refractivity contribution >= 4 is 12.2 Å². The summed E-state index contributed by atoms with van der Waals surface area (Å²) in [6.07, 6.45) is 23.6. The van der Waals surface area contributed by atoms with Crippen molar-refractivity contribution in [3.05, 3.63) is 0 Å². The second kappa shape index (κ2) is 19.0.